The third-order valence-electron chi connectivity index (χ3n) is 10.3. The summed E-state index contributed by atoms with van der Waals surface area (Å²) < 4.78 is 2.34. The largest absolute Gasteiger partial charge is 0.311 e. The van der Waals surface area contributed by atoms with E-state index in [9.17, 15) is 15.8 Å². The first-order valence-corrected chi connectivity index (χ1v) is 18.3. The quantitative estimate of drug-likeness (QED) is 0.165. The highest BCUT2D eigenvalue weighted by Crippen LogP contribution is 2.39. The maximum Gasteiger partial charge on any atom is 0.0999 e. The number of nitriles is 3. The summed E-state index contributed by atoms with van der Waals surface area (Å²) in [5, 5.41) is 31.4. The van der Waals surface area contributed by atoms with Crippen LogP contribution in [-0.4, -0.2) is 4.57 Å². The summed E-state index contributed by atoms with van der Waals surface area (Å²) in [6.45, 7) is 0. The number of anilines is 3. The predicted octanol–water partition coefficient (Wildman–Crippen LogP) is 12.9. The third kappa shape index (κ3) is 6.01. The van der Waals surface area contributed by atoms with E-state index >= 15 is 0 Å². The van der Waals surface area contributed by atoms with Gasteiger partial charge in [-0.15, -0.1) is 0 Å². The van der Waals surface area contributed by atoms with Gasteiger partial charge in [-0.25, -0.2) is 0 Å². The first-order valence-electron chi connectivity index (χ1n) is 18.3. The molecule has 0 bridgehead atoms. The van der Waals surface area contributed by atoms with Crippen molar-refractivity contribution >= 4 is 38.9 Å². The van der Waals surface area contributed by atoms with Gasteiger partial charge in [0.25, 0.3) is 0 Å². The lowest BCUT2D eigenvalue weighted by molar-refractivity contribution is 1.18. The molecule has 0 aliphatic rings. The van der Waals surface area contributed by atoms with E-state index in [0.29, 0.717) is 22.3 Å². The van der Waals surface area contributed by atoms with Gasteiger partial charge in [-0.2, -0.15) is 15.8 Å². The molecule has 0 saturated heterocycles. The first kappa shape index (κ1) is 33.7. The van der Waals surface area contributed by atoms with E-state index in [0.717, 1.165) is 50.6 Å². The second kappa shape index (κ2) is 14.3. The van der Waals surface area contributed by atoms with E-state index in [2.05, 4.69) is 167 Å². The monoisotopic (exact) mass is 713 g/mol. The van der Waals surface area contributed by atoms with Gasteiger partial charge in [0.2, 0.25) is 0 Å². The molecule has 0 fully saturated rings. The smallest absolute Gasteiger partial charge is 0.0999 e. The summed E-state index contributed by atoms with van der Waals surface area (Å²) in [6, 6.07) is 70.7. The molecule has 1 aromatic heterocycles. The van der Waals surface area contributed by atoms with E-state index in [1.807, 2.05) is 36.4 Å². The number of hydrogen-bond acceptors (Lipinski definition) is 4. The standard InChI is InChI=1S/C51H31N5/c52-32-35-29-41(33-53)51(42(30-35)34-54)39-17-15-36(16-18-39)37-19-24-45(25-20-37)55(43-9-3-1-4-10-43)46-26-21-38(22-27-46)40-23-28-50-48(31-40)47-13-7-8-14-49(47)56(50)44-11-5-2-6-12-44/h1-31H. The molecule has 5 heteroatoms. The molecule has 0 unspecified atom stereocenters. The van der Waals surface area contributed by atoms with E-state index in [1.165, 1.54) is 33.9 Å². The van der Waals surface area contributed by atoms with Gasteiger partial charge in [-0.1, -0.05) is 109 Å². The number of aromatic nitrogens is 1. The topological polar surface area (TPSA) is 79.5 Å². The maximum absolute atomic E-state index is 9.78. The Kier molecular flexibility index (Phi) is 8.62. The molecule has 9 rings (SSSR count). The van der Waals surface area contributed by atoms with Crippen LogP contribution in [-0.2, 0) is 0 Å². The average Bonchev–Trinajstić information content (AvgIpc) is 3.61. The zero-order valence-electron chi connectivity index (χ0n) is 30.1. The summed E-state index contributed by atoms with van der Waals surface area (Å²) >= 11 is 0. The van der Waals surface area contributed by atoms with Crippen LogP contribution >= 0.6 is 0 Å². The fourth-order valence-corrected chi connectivity index (χ4v) is 7.66. The molecular formula is C51H31N5. The van der Waals surface area contributed by atoms with E-state index in [4.69, 9.17) is 0 Å². The van der Waals surface area contributed by atoms with Crippen LogP contribution in [0.15, 0.2) is 188 Å². The Morgan fingerprint density at radius 2 is 0.839 bits per heavy atom. The number of para-hydroxylation sites is 3. The predicted molar refractivity (Wildman–Crippen MR) is 226 cm³/mol. The Bertz CT molecular complexity index is 2980. The second-order valence-electron chi connectivity index (χ2n) is 13.5. The van der Waals surface area contributed by atoms with Gasteiger partial charge in [0, 0.05) is 39.1 Å². The highest BCUT2D eigenvalue weighted by atomic mass is 15.1. The molecule has 0 spiro atoms. The Labute approximate surface area is 325 Å². The molecule has 0 atom stereocenters. The van der Waals surface area contributed by atoms with Crippen molar-refractivity contribution in [2.24, 2.45) is 0 Å². The summed E-state index contributed by atoms with van der Waals surface area (Å²) in [5.74, 6) is 0. The molecule has 5 nitrogen and oxygen atoms in total. The Morgan fingerprint density at radius 1 is 0.375 bits per heavy atom. The van der Waals surface area contributed by atoms with Crippen LogP contribution in [0.5, 0.6) is 0 Å². The summed E-state index contributed by atoms with van der Waals surface area (Å²) in [7, 11) is 0. The normalized spacial score (nSPS) is 10.8. The van der Waals surface area contributed by atoms with Crippen molar-refractivity contribution in [1.82, 2.24) is 4.57 Å². The summed E-state index contributed by atoms with van der Waals surface area (Å²) in [6.07, 6.45) is 0. The van der Waals surface area contributed by atoms with Gasteiger partial charge in [-0.05, 0) is 107 Å². The lowest BCUT2D eigenvalue weighted by Crippen LogP contribution is -2.09. The van der Waals surface area contributed by atoms with Gasteiger partial charge >= 0.3 is 0 Å². The lowest BCUT2D eigenvalue weighted by Gasteiger charge is -2.26. The number of hydrogen-bond donors (Lipinski definition) is 0. The van der Waals surface area contributed by atoms with E-state index in [1.54, 1.807) is 0 Å². The van der Waals surface area contributed by atoms with E-state index < -0.39 is 0 Å². The molecule has 9 aromatic rings. The van der Waals surface area contributed by atoms with Crippen LogP contribution in [0.3, 0.4) is 0 Å². The van der Waals surface area contributed by atoms with Crippen LogP contribution < -0.4 is 4.90 Å². The van der Waals surface area contributed by atoms with Crippen molar-refractivity contribution in [2.45, 2.75) is 0 Å². The minimum absolute atomic E-state index is 0.292. The highest BCUT2D eigenvalue weighted by molar-refractivity contribution is 6.10. The zero-order valence-corrected chi connectivity index (χ0v) is 30.1. The maximum atomic E-state index is 9.78. The van der Waals surface area contributed by atoms with Crippen LogP contribution in [0, 0.1) is 34.0 Å². The minimum Gasteiger partial charge on any atom is -0.311 e. The molecule has 0 radical (unpaired) electrons. The van der Waals surface area contributed by atoms with Crippen LogP contribution in [0.2, 0.25) is 0 Å². The van der Waals surface area contributed by atoms with Crippen LogP contribution in [0.1, 0.15) is 16.7 Å². The zero-order chi connectivity index (χ0) is 38.0. The van der Waals surface area contributed by atoms with Crippen molar-refractivity contribution in [3.63, 3.8) is 0 Å². The molecule has 260 valence electrons. The van der Waals surface area contributed by atoms with Crippen LogP contribution in [0.4, 0.5) is 17.1 Å². The number of fused-ring (bicyclic) bond motifs is 3. The molecule has 0 saturated carbocycles. The molecule has 56 heavy (non-hydrogen) atoms. The Morgan fingerprint density at radius 3 is 1.43 bits per heavy atom. The molecule has 0 N–H and O–H groups in total. The number of nitrogens with zero attached hydrogens (tertiary/aromatic N) is 5. The van der Waals surface area contributed by atoms with Gasteiger partial charge < -0.3 is 9.47 Å². The molecule has 1 heterocycles. The van der Waals surface area contributed by atoms with Crippen molar-refractivity contribution in [3.05, 3.63) is 205 Å². The minimum atomic E-state index is 0.292. The van der Waals surface area contributed by atoms with Gasteiger partial charge in [-0.3, -0.25) is 0 Å². The molecule has 0 aliphatic carbocycles. The molecule has 0 aliphatic heterocycles. The van der Waals surface area contributed by atoms with Crippen LogP contribution in [0.25, 0.3) is 60.9 Å². The highest BCUT2D eigenvalue weighted by Gasteiger charge is 2.17. The average molecular weight is 714 g/mol. The fourth-order valence-electron chi connectivity index (χ4n) is 7.66. The summed E-state index contributed by atoms with van der Waals surface area (Å²) in [5.41, 5.74) is 13.2. The lowest BCUT2D eigenvalue weighted by atomic mass is 9.92. The molecule has 8 aromatic carbocycles. The van der Waals surface area contributed by atoms with Gasteiger partial charge in [0.05, 0.1) is 45.9 Å². The van der Waals surface area contributed by atoms with Gasteiger partial charge in [0.15, 0.2) is 0 Å². The number of rotatable bonds is 7. The van der Waals surface area contributed by atoms with E-state index in [-0.39, 0.29) is 0 Å². The Hall–Kier alpha value is -8.17. The fraction of sp³-hybridized carbons (Fsp3) is 0. The second-order valence-corrected chi connectivity index (χ2v) is 13.5. The van der Waals surface area contributed by atoms with Crippen molar-refractivity contribution in [3.8, 4) is 57.3 Å². The summed E-state index contributed by atoms with van der Waals surface area (Å²) in [4.78, 5) is 2.26. The van der Waals surface area contributed by atoms with Crippen molar-refractivity contribution in [2.75, 3.05) is 4.90 Å². The first-order chi connectivity index (χ1) is 27.6. The molecular weight excluding hydrogens is 683 g/mol. The van der Waals surface area contributed by atoms with Crippen molar-refractivity contribution in [1.29, 1.82) is 15.8 Å². The number of benzene rings is 8. The SMILES string of the molecule is N#Cc1cc(C#N)c(-c2ccc(-c3ccc(N(c4ccccc4)c4ccc(-c5ccc6c(c5)c5ccccc5n6-c5ccccc5)cc4)cc3)cc2)c(C#N)c1. The van der Waals surface area contributed by atoms with Crippen molar-refractivity contribution < 1.29 is 0 Å². The van der Waals surface area contributed by atoms with Gasteiger partial charge in [0.1, 0.15) is 0 Å². The third-order valence-corrected chi connectivity index (χ3v) is 10.3. The Balaban J connectivity index is 1.03. The molecule has 0 amide bonds.